The van der Waals surface area contributed by atoms with Crippen LogP contribution in [0.4, 0.5) is 10.6 Å². The highest BCUT2D eigenvalue weighted by atomic mass is 35.5. The van der Waals surface area contributed by atoms with Crippen molar-refractivity contribution in [1.29, 1.82) is 0 Å². The van der Waals surface area contributed by atoms with Crippen molar-refractivity contribution in [2.75, 3.05) is 12.1 Å². The molecule has 2 aromatic rings. The van der Waals surface area contributed by atoms with Crippen molar-refractivity contribution in [2.45, 2.75) is 39.2 Å². The third-order valence-electron chi connectivity index (χ3n) is 4.49. The first-order chi connectivity index (χ1) is 13.2. The maximum atomic E-state index is 12.4. The third-order valence-corrected chi connectivity index (χ3v) is 4.94. The van der Waals surface area contributed by atoms with Crippen LogP contribution >= 0.6 is 23.2 Å². The van der Waals surface area contributed by atoms with Gasteiger partial charge in [-0.2, -0.15) is 5.10 Å². The summed E-state index contributed by atoms with van der Waals surface area (Å²) in [6.45, 7) is 6.22. The van der Waals surface area contributed by atoms with E-state index >= 15 is 0 Å². The maximum absolute atomic E-state index is 12.4. The van der Waals surface area contributed by atoms with E-state index < -0.39 is 6.03 Å². The molecule has 2 N–H and O–H groups in total. The third kappa shape index (κ3) is 4.23. The molecule has 0 saturated carbocycles. The van der Waals surface area contributed by atoms with E-state index in [1.54, 1.807) is 22.8 Å². The van der Waals surface area contributed by atoms with Crippen molar-refractivity contribution in [2.24, 2.45) is 12.0 Å². The minimum Gasteiger partial charge on any atom is -0.330 e. The number of halogens is 2. The van der Waals surface area contributed by atoms with Gasteiger partial charge in [0, 0.05) is 25.9 Å². The van der Waals surface area contributed by atoms with Gasteiger partial charge in [0.05, 0.1) is 11.7 Å². The number of aryl methyl sites for hydroxylation is 2. The average Bonchev–Trinajstić information content (AvgIpc) is 2.87. The van der Waals surface area contributed by atoms with Gasteiger partial charge < -0.3 is 5.32 Å². The molecule has 10 heteroatoms. The second-order valence-corrected chi connectivity index (χ2v) is 7.89. The van der Waals surface area contributed by atoms with Crippen molar-refractivity contribution in [3.8, 4) is 0 Å². The Morgan fingerprint density at radius 3 is 2.75 bits per heavy atom. The highest BCUT2D eigenvalue weighted by Gasteiger charge is 2.20. The number of hydrazine groups is 1. The van der Waals surface area contributed by atoms with Crippen LogP contribution < -0.4 is 15.8 Å². The van der Waals surface area contributed by atoms with Crippen molar-refractivity contribution < 1.29 is 4.79 Å². The summed E-state index contributed by atoms with van der Waals surface area (Å²) in [7, 11) is 3.60. The number of pyridine rings is 1. The second kappa shape index (κ2) is 7.97. The molecule has 150 valence electrons. The predicted octanol–water partition coefficient (Wildman–Crippen LogP) is 3.54. The van der Waals surface area contributed by atoms with Crippen LogP contribution in [0.1, 0.15) is 37.4 Å². The molecule has 2 aromatic heterocycles. The van der Waals surface area contributed by atoms with Crippen molar-refractivity contribution in [3.05, 3.63) is 28.6 Å². The first kappa shape index (κ1) is 20.4. The summed E-state index contributed by atoms with van der Waals surface area (Å²) in [6, 6.07) is 1.25. The van der Waals surface area contributed by atoms with Gasteiger partial charge >= 0.3 is 6.03 Å². The Morgan fingerprint density at radius 1 is 1.39 bits per heavy atom. The van der Waals surface area contributed by atoms with Crippen LogP contribution in [-0.4, -0.2) is 39.1 Å². The molecular weight excluding hydrogens is 401 g/mol. The summed E-state index contributed by atoms with van der Waals surface area (Å²) in [5.74, 6) is 0.900. The number of carbonyl (C=O) groups is 1. The highest BCUT2D eigenvalue weighted by Crippen LogP contribution is 2.29. The zero-order chi connectivity index (χ0) is 20.6. The fraction of sp³-hybridized carbons (Fsp3) is 0.444. The number of nitrogens with zero attached hydrogens (tertiary/aromatic N) is 5. The normalized spacial score (nSPS) is 16.8. The Kier molecular flexibility index (Phi) is 5.81. The van der Waals surface area contributed by atoms with E-state index in [0.717, 1.165) is 22.3 Å². The van der Waals surface area contributed by atoms with E-state index in [1.165, 1.54) is 0 Å². The molecule has 0 aliphatic carbocycles. The van der Waals surface area contributed by atoms with E-state index in [1.807, 2.05) is 20.0 Å². The number of nitrogens with one attached hydrogen (secondary N) is 2. The summed E-state index contributed by atoms with van der Waals surface area (Å²) in [5, 5.41) is 10.5. The molecule has 3 heterocycles. The smallest absolute Gasteiger partial charge is 0.330 e. The summed E-state index contributed by atoms with van der Waals surface area (Å²) < 4.78 is 1.75. The standard InChI is InChI=1S/C18H23Cl2N7O/c1-9(2)12-8-15(23-17-16(12)10(3)24-27(17)5)26(4)25-18(28)21-11-6-13(19)22-14(20)7-11/h6,8-9,11H,7H2,1-5H3,(H2,21,25,28). The Balaban J connectivity index is 1.80. The van der Waals surface area contributed by atoms with Crippen molar-refractivity contribution in [3.63, 3.8) is 0 Å². The van der Waals surface area contributed by atoms with Gasteiger partial charge in [-0.15, -0.1) is 0 Å². The van der Waals surface area contributed by atoms with Crippen LogP contribution in [0.2, 0.25) is 0 Å². The lowest BCUT2D eigenvalue weighted by Crippen LogP contribution is -2.49. The zero-order valence-corrected chi connectivity index (χ0v) is 17.9. The Bertz CT molecular complexity index is 980. The number of rotatable bonds is 4. The molecule has 0 saturated heterocycles. The number of aliphatic imine (C=N–C) groups is 1. The van der Waals surface area contributed by atoms with E-state index in [9.17, 15) is 4.79 Å². The van der Waals surface area contributed by atoms with Gasteiger partial charge in [-0.25, -0.2) is 20.2 Å². The second-order valence-electron chi connectivity index (χ2n) is 7.06. The van der Waals surface area contributed by atoms with E-state index in [0.29, 0.717) is 17.4 Å². The molecule has 0 radical (unpaired) electrons. The Labute approximate surface area is 173 Å². The first-order valence-corrected chi connectivity index (χ1v) is 9.66. The number of anilines is 1. The van der Waals surface area contributed by atoms with Crippen LogP contribution in [0.15, 0.2) is 22.3 Å². The molecule has 2 amide bonds. The molecule has 8 nitrogen and oxygen atoms in total. The van der Waals surface area contributed by atoms with Crippen LogP contribution in [0.5, 0.6) is 0 Å². The van der Waals surface area contributed by atoms with Crippen LogP contribution in [0, 0.1) is 6.92 Å². The molecule has 0 spiro atoms. The maximum Gasteiger partial charge on any atom is 0.334 e. The van der Waals surface area contributed by atoms with Crippen LogP contribution in [0.25, 0.3) is 11.0 Å². The lowest BCUT2D eigenvalue weighted by molar-refractivity contribution is 0.238. The topological polar surface area (TPSA) is 87.4 Å². The number of aromatic nitrogens is 3. The molecular formula is C18H23Cl2N7O. The zero-order valence-electron chi connectivity index (χ0n) is 16.4. The number of amides is 2. The Hall–Kier alpha value is -2.32. The molecule has 0 bridgehead atoms. The molecule has 1 unspecified atom stereocenters. The van der Waals surface area contributed by atoms with E-state index in [2.05, 4.69) is 39.7 Å². The van der Waals surface area contributed by atoms with Gasteiger partial charge in [0.25, 0.3) is 0 Å². The van der Waals surface area contributed by atoms with Gasteiger partial charge in [0.15, 0.2) is 5.65 Å². The summed E-state index contributed by atoms with van der Waals surface area (Å²) in [4.78, 5) is 21.0. The van der Waals surface area contributed by atoms with Crippen LogP contribution in [-0.2, 0) is 7.05 Å². The molecule has 1 aliphatic heterocycles. The minimum absolute atomic E-state index is 0.259. The van der Waals surface area contributed by atoms with Gasteiger partial charge in [0.2, 0.25) is 0 Å². The minimum atomic E-state index is -0.395. The fourth-order valence-corrected chi connectivity index (χ4v) is 3.75. The van der Waals surface area contributed by atoms with Gasteiger partial charge in [0.1, 0.15) is 16.1 Å². The molecule has 1 atom stereocenters. The fourth-order valence-electron chi connectivity index (χ4n) is 3.20. The predicted molar refractivity (Wildman–Crippen MR) is 113 cm³/mol. The van der Waals surface area contributed by atoms with Gasteiger partial charge in [-0.05, 0) is 30.5 Å². The quantitative estimate of drug-likeness (QED) is 0.581. The lowest BCUT2D eigenvalue weighted by Gasteiger charge is -2.23. The van der Waals surface area contributed by atoms with Gasteiger partial charge in [-0.1, -0.05) is 37.0 Å². The number of carbonyl (C=O) groups excluding carboxylic acids is 1. The summed E-state index contributed by atoms with van der Waals surface area (Å²) >= 11 is 11.8. The SMILES string of the molecule is Cc1nn(C)c2nc(N(C)NC(=O)NC3C=C(Cl)N=C(Cl)C3)cc(C(C)C)c12. The molecule has 0 aromatic carbocycles. The van der Waals surface area contributed by atoms with E-state index in [-0.39, 0.29) is 17.1 Å². The molecule has 3 rings (SSSR count). The number of urea groups is 1. The van der Waals surface area contributed by atoms with E-state index in [4.69, 9.17) is 23.2 Å². The lowest BCUT2D eigenvalue weighted by atomic mass is 10.00. The molecule has 0 fully saturated rings. The monoisotopic (exact) mass is 423 g/mol. The number of hydrogen-bond donors (Lipinski definition) is 2. The summed E-state index contributed by atoms with van der Waals surface area (Å²) in [5.41, 5.74) is 5.61. The molecule has 28 heavy (non-hydrogen) atoms. The first-order valence-electron chi connectivity index (χ1n) is 8.91. The van der Waals surface area contributed by atoms with Crippen molar-refractivity contribution >= 4 is 51.3 Å². The van der Waals surface area contributed by atoms with Crippen molar-refractivity contribution in [1.82, 2.24) is 25.5 Å². The molecule has 1 aliphatic rings. The number of hydrogen-bond acceptors (Lipinski definition) is 5. The number of fused-ring (bicyclic) bond motifs is 1. The average molecular weight is 424 g/mol. The summed E-state index contributed by atoms with van der Waals surface area (Å²) in [6.07, 6.45) is 2.04. The van der Waals surface area contributed by atoms with Gasteiger partial charge in [-0.3, -0.25) is 9.69 Å². The Morgan fingerprint density at radius 2 is 2.11 bits per heavy atom. The van der Waals surface area contributed by atoms with Crippen LogP contribution in [0.3, 0.4) is 0 Å². The largest absolute Gasteiger partial charge is 0.334 e. The highest BCUT2D eigenvalue weighted by molar-refractivity contribution is 6.66.